The maximum Gasteiger partial charge on any atom is 0.131 e. The Morgan fingerprint density at radius 2 is 2.13 bits per heavy atom. The number of hydrogen-bond acceptors (Lipinski definition) is 3. The van der Waals surface area contributed by atoms with Gasteiger partial charge in [-0.1, -0.05) is 30.3 Å². The van der Waals surface area contributed by atoms with Crippen LogP contribution in [0.25, 0.3) is 0 Å². The lowest BCUT2D eigenvalue weighted by Gasteiger charge is -2.20. The van der Waals surface area contributed by atoms with E-state index in [1.54, 1.807) is 0 Å². The molecule has 0 aliphatic carbocycles. The fourth-order valence-electron chi connectivity index (χ4n) is 1.81. The van der Waals surface area contributed by atoms with Crippen molar-refractivity contribution < 1.29 is 0 Å². The highest BCUT2D eigenvalue weighted by molar-refractivity contribution is 5.99. The molecular weight excluding hydrogens is 186 g/mol. The van der Waals surface area contributed by atoms with E-state index in [0.717, 1.165) is 32.0 Å². The fourth-order valence-corrected chi connectivity index (χ4v) is 1.81. The van der Waals surface area contributed by atoms with E-state index in [0.29, 0.717) is 0 Å². The van der Waals surface area contributed by atoms with Gasteiger partial charge in [-0.25, -0.2) is 0 Å². The Bertz CT molecular complexity index is 332. The average Bonchev–Trinajstić information content (AvgIpc) is 2.75. The molecule has 0 amide bonds. The summed E-state index contributed by atoms with van der Waals surface area (Å²) < 4.78 is 0. The highest BCUT2D eigenvalue weighted by Gasteiger charge is 2.16. The van der Waals surface area contributed by atoms with Gasteiger partial charge in [0.15, 0.2) is 0 Å². The Labute approximate surface area is 90.8 Å². The molecule has 2 rings (SSSR count). The first-order valence-electron chi connectivity index (χ1n) is 5.41. The first-order chi connectivity index (χ1) is 7.42. The number of benzene rings is 1. The van der Waals surface area contributed by atoms with Crippen LogP contribution in [0.5, 0.6) is 0 Å². The summed E-state index contributed by atoms with van der Waals surface area (Å²) in [5, 5.41) is 3.17. The molecule has 1 aromatic rings. The first-order valence-corrected chi connectivity index (χ1v) is 5.41. The third kappa shape index (κ3) is 2.36. The molecule has 1 heterocycles. The van der Waals surface area contributed by atoms with Crippen LogP contribution in [0.3, 0.4) is 0 Å². The minimum atomic E-state index is 0.925. The van der Waals surface area contributed by atoms with Gasteiger partial charge in [-0.15, -0.1) is 0 Å². The van der Waals surface area contributed by atoms with Crippen LogP contribution in [0.15, 0.2) is 35.3 Å². The molecule has 80 valence electrons. The fraction of sp³-hybridized carbons (Fsp3) is 0.417. The van der Waals surface area contributed by atoms with E-state index in [1.807, 2.05) is 13.1 Å². The van der Waals surface area contributed by atoms with Crippen LogP contribution in [0.4, 0.5) is 0 Å². The van der Waals surface area contributed by atoms with Gasteiger partial charge in [-0.2, -0.15) is 0 Å². The summed E-state index contributed by atoms with van der Waals surface area (Å²) in [5.41, 5.74) is 1.23. The summed E-state index contributed by atoms with van der Waals surface area (Å²) in [6, 6.07) is 10.4. The number of amidine groups is 1. The van der Waals surface area contributed by atoms with Gasteiger partial charge < -0.3 is 10.2 Å². The maximum absolute atomic E-state index is 4.56. The topological polar surface area (TPSA) is 27.6 Å². The van der Waals surface area contributed by atoms with E-state index in [2.05, 4.69) is 39.5 Å². The van der Waals surface area contributed by atoms with Crippen LogP contribution in [0.2, 0.25) is 0 Å². The largest absolute Gasteiger partial charge is 0.353 e. The SMILES string of the molecule is CNCCN1CCN=C1c1ccccc1. The van der Waals surface area contributed by atoms with Crippen LogP contribution in [-0.4, -0.2) is 44.0 Å². The number of aliphatic imine (C=N–C) groups is 1. The Morgan fingerprint density at radius 1 is 1.33 bits per heavy atom. The van der Waals surface area contributed by atoms with Crippen molar-refractivity contribution in [2.24, 2.45) is 4.99 Å². The van der Waals surface area contributed by atoms with E-state index in [4.69, 9.17) is 0 Å². The summed E-state index contributed by atoms with van der Waals surface area (Å²) in [5.74, 6) is 1.14. The normalized spacial score (nSPS) is 15.5. The van der Waals surface area contributed by atoms with Gasteiger partial charge in [-0.05, 0) is 7.05 Å². The molecule has 0 unspecified atom stereocenters. The van der Waals surface area contributed by atoms with Gasteiger partial charge in [0, 0.05) is 25.2 Å². The highest BCUT2D eigenvalue weighted by Crippen LogP contribution is 2.10. The van der Waals surface area contributed by atoms with Gasteiger partial charge in [0.25, 0.3) is 0 Å². The van der Waals surface area contributed by atoms with Crippen molar-refractivity contribution in [2.45, 2.75) is 0 Å². The van der Waals surface area contributed by atoms with Gasteiger partial charge in [-0.3, -0.25) is 4.99 Å². The highest BCUT2D eigenvalue weighted by atomic mass is 15.2. The summed E-state index contributed by atoms with van der Waals surface area (Å²) in [4.78, 5) is 6.89. The second-order valence-corrected chi connectivity index (χ2v) is 3.66. The molecular formula is C12H17N3. The van der Waals surface area contributed by atoms with Crippen LogP contribution in [0.1, 0.15) is 5.56 Å². The smallest absolute Gasteiger partial charge is 0.131 e. The number of nitrogens with one attached hydrogen (secondary N) is 1. The van der Waals surface area contributed by atoms with E-state index in [-0.39, 0.29) is 0 Å². The van der Waals surface area contributed by atoms with E-state index >= 15 is 0 Å². The van der Waals surface area contributed by atoms with Crippen molar-refractivity contribution in [1.29, 1.82) is 0 Å². The molecule has 3 heteroatoms. The predicted octanol–water partition coefficient (Wildman–Crippen LogP) is 0.968. The molecule has 0 spiro atoms. The van der Waals surface area contributed by atoms with Crippen LogP contribution in [-0.2, 0) is 0 Å². The molecule has 3 nitrogen and oxygen atoms in total. The summed E-state index contributed by atoms with van der Waals surface area (Å²) >= 11 is 0. The summed E-state index contributed by atoms with van der Waals surface area (Å²) in [6.07, 6.45) is 0. The van der Waals surface area contributed by atoms with E-state index in [9.17, 15) is 0 Å². The zero-order chi connectivity index (χ0) is 10.5. The quantitative estimate of drug-likeness (QED) is 0.789. The zero-order valence-corrected chi connectivity index (χ0v) is 9.11. The number of hydrogen-bond donors (Lipinski definition) is 1. The monoisotopic (exact) mass is 203 g/mol. The molecule has 0 aromatic heterocycles. The van der Waals surface area contributed by atoms with Crippen molar-refractivity contribution in [1.82, 2.24) is 10.2 Å². The van der Waals surface area contributed by atoms with Crippen molar-refractivity contribution >= 4 is 5.84 Å². The molecule has 1 aliphatic heterocycles. The molecule has 0 fully saturated rings. The lowest BCUT2D eigenvalue weighted by atomic mass is 10.2. The first kappa shape index (κ1) is 10.2. The van der Waals surface area contributed by atoms with Crippen molar-refractivity contribution in [2.75, 3.05) is 33.2 Å². The molecule has 0 atom stereocenters. The van der Waals surface area contributed by atoms with Crippen LogP contribution < -0.4 is 5.32 Å². The van der Waals surface area contributed by atoms with Crippen molar-refractivity contribution in [3.63, 3.8) is 0 Å². The van der Waals surface area contributed by atoms with Crippen molar-refractivity contribution in [3.8, 4) is 0 Å². The maximum atomic E-state index is 4.56. The van der Waals surface area contributed by atoms with Crippen molar-refractivity contribution in [3.05, 3.63) is 35.9 Å². The van der Waals surface area contributed by atoms with E-state index < -0.39 is 0 Å². The number of rotatable bonds is 4. The standard InChI is InChI=1S/C12H17N3/c1-13-7-9-15-10-8-14-12(15)11-5-3-2-4-6-11/h2-6,13H,7-10H2,1H3. The number of nitrogens with zero attached hydrogens (tertiary/aromatic N) is 2. The van der Waals surface area contributed by atoms with Gasteiger partial charge >= 0.3 is 0 Å². The molecule has 1 N–H and O–H groups in total. The van der Waals surface area contributed by atoms with Gasteiger partial charge in [0.05, 0.1) is 6.54 Å². The van der Waals surface area contributed by atoms with Crippen LogP contribution in [0, 0.1) is 0 Å². The van der Waals surface area contributed by atoms with Gasteiger partial charge in [0.2, 0.25) is 0 Å². The molecule has 0 saturated heterocycles. The Hall–Kier alpha value is -1.35. The third-order valence-corrected chi connectivity index (χ3v) is 2.59. The molecule has 0 bridgehead atoms. The molecule has 0 saturated carbocycles. The molecule has 1 aromatic carbocycles. The lowest BCUT2D eigenvalue weighted by molar-refractivity contribution is 0.453. The Balaban J connectivity index is 2.08. The third-order valence-electron chi connectivity index (χ3n) is 2.59. The zero-order valence-electron chi connectivity index (χ0n) is 9.11. The number of likely N-dealkylation sites (N-methyl/N-ethyl adjacent to an activating group) is 1. The molecule has 0 radical (unpaired) electrons. The summed E-state index contributed by atoms with van der Waals surface area (Å²) in [7, 11) is 1.98. The Kier molecular flexibility index (Phi) is 3.35. The lowest BCUT2D eigenvalue weighted by Crippen LogP contribution is -2.34. The van der Waals surface area contributed by atoms with Crippen LogP contribution >= 0.6 is 0 Å². The second-order valence-electron chi connectivity index (χ2n) is 3.66. The molecule has 1 aliphatic rings. The average molecular weight is 203 g/mol. The molecule has 15 heavy (non-hydrogen) atoms. The Morgan fingerprint density at radius 3 is 2.87 bits per heavy atom. The van der Waals surface area contributed by atoms with E-state index in [1.165, 1.54) is 5.56 Å². The minimum Gasteiger partial charge on any atom is -0.353 e. The summed E-state index contributed by atoms with van der Waals surface area (Å²) in [6.45, 7) is 4.01. The van der Waals surface area contributed by atoms with Gasteiger partial charge in [0.1, 0.15) is 5.84 Å². The predicted molar refractivity (Wildman–Crippen MR) is 63.3 cm³/mol. The minimum absolute atomic E-state index is 0.925. The second kappa shape index (κ2) is 4.94.